The number of ether oxygens (including phenoxy) is 1. The van der Waals surface area contributed by atoms with E-state index >= 15 is 0 Å². The molecule has 0 atom stereocenters. The van der Waals surface area contributed by atoms with E-state index in [-0.39, 0.29) is 0 Å². The molecule has 4 nitrogen and oxygen atoms in total. The van der Waals surface area contributed by atoms with Gasteiger partial charge in [0.25, 0.3) is 5.91 Å². The van der Waals surface area contributed by atoms with E-state index in [1.807, 2.05) is 0 Å². The predicted octanol–water partition coefficient (Wildman–Crippen LogP) is -0.153. The van der Waals surface area contributed by atoms with Crippen LogP contribution in [0.4, 0.5) is 4.79 Å². The predicted molar refractivity (Wildman–Crippen MR) is 26.4 cm³/mol. The highest BCUT2D eigenvalue weighted by Gasteiger charge is 1.97. The minimum Gasteiger partial charge on any atom is -0.444 e. The highest BCUT2D eigenvalue weighted by Crippen LogP contribution is 1.83. The summed E-state index contributed by atoms with van der Waals surface area (Å²) in [4.78, 5) is 19.5. The number of rotatable bonds is 2. The van der Waals surface area contributed by atoms with Crippen LogP contribution in [0.1, 0.15) is 0 Å². The zero-order valence-corrected chi connectivity index (χ0v) is 4.64. The third-order valence-electron chi connectivity index (χ3n) is 0.328. The lowest BCUT2D eigenvalue weighted by atomic mass is 10.7. The van der Waals surface area contributed by atoms with Crippen molar-refractivity contribution in [1.82, 2.24) is 0 Å². The summed E-state index contributed by atoms with van der Waals surface area (Å²) in [6, 6.07) is 0. The molecule has 0 aromatic rings. The molecule has 0 saturated carbocycles. The molecule has 0 radical (unpaired) electrons. The summed E-state index contributed by atoms with van der Waals surface area (Å²) in [5.74, 6) is -0.723. The summed E-state index contributed by atoms with van der Waals surface area (Å²) in [7, 11) is 0. The van der Waals surface area contributed by atoms with Gasteiger partial charge in [0.15, 0.2) is 6.61 Å². The number of amides is 1. The van der Waals surface area contributed by atoms with Crippen LogP contribution in [-0.2, 0) is 9.53 Å². The van der Waals surface area contributed by atoms with E-state index in [1.54, 1.807) is 0 Å². The van der Waals surface area contributed by atoms with Gasteiger partial charge in [0.05, 0.1) is 0 Å². The molecule has 0 aliphatic carbocycles. The van der Waals surface area contributed by atoms with E-state index in [4.69, 9.17) is 0 Å². The van der Waals surface area contributed by atoms with Crippen LogP contribution in [0.3, 0.4) is 0 Å². The minimum absolute atomic E-state index is 0.456. The van der Waals surface area contributed by atoms with Crippen LogP contribution < -0.4 is 5.73 Å². The van der Waals surface area contributed by atoms with Crippen molar-refractivity contribution in [2.45, 2.75) is 0 Å². The highest BCUT2D eigenvalue weighted by molar-refractivity contribution is 6.61. The van der Waals surface area contributed by atoms with Gasteiger partial charge in [0.2, 0.25) is 0 Å². The van der Waals surface area contributed by atoms with Crippen LogP contribution in [0.15, 0.2) is 0 Å². The zero-order chi connectivity index (χ0) is 6.57. The monoisotopic (exact) mass is 137 g/mol. The standard InChI is InChI=1S/C3H4ClNO3/c4-3(7)8-1-2(5)6/h1H2,(H2,5,6). The first-order chi connectivity index (χ1) is 3.63. The summed E-state index contributed by atoms with van der Waals surface area (Å²) in [5, 5.41) is 0. The van der Waals surface area contributed by atoms with Crippen molar-refractivity contribution in [2.75, 3.05) is 6.61 Å². The fourth-order valence-electron chi connectivity index (χ4n) is 0.128. The smallest absolute Gasteiger partial charge is 0.404 e. The molecule has 2 N–H and O–H groups in total. The number of carbonyl (C=O) groups excluding carboxylic acids is 2. The second-order valence-electron chi connectivity index (χ2n) is 0.993. The molecule has 5 heteroatoms. The van der Waals surface area contributed by atoms with Gasteiger partial charge < -0.3 is 10.5 Å². The molecular formula is C3H4ClNO3. The number of nitrogens with two attached hydrogens (primary N) is 1. The molecule has 0 unspecified atom stereocenters. The molecule has 0 aliphatic heterocycles. The summed E-state index contributed by atoms with van der Waals surface area (Å²) >= 11 is 4.65. The third kappa shape index (κ3) is 5.23. The first-order valence-electron chi connectivity index (χ1n) is 1.73. The number of carbonyl (C=O) groups is 2. The third-order valence-corrected chi connectivity index (χ3v) is 0.437. The van der Waals surface area contributed by atoms with E-state index in [0.29, 0.717) is 0 Å². The molecule has 0 fully saturated rings. The van der Waals surface area contributed by atoms with E-state index in [9.17, 15) is 9.59 Å². The number of hydrogen-bond acceptors (Lipinski definition) is 3. The Balaban J connectivity index is 3.18. The molecule has 0 aromatic carbocycles. The van der Waals surface area contributed by atoms with Gasteiger partial charge in [-0.2, -0.15) is 0 Å². The topological polar surface area (TPSA) is 69.4 Å². The van der Waals surface area contributed by atoms with Gasteiger partial charge in [-0.15, -0.1) is 0 Å². The summed E-state index contributed by atoms with van der Waals surface area (Å²) < 4.78 is 3.96. The van der Waals surface area contributed by atoms with Gasteiger partial charge in [0, 0.05) is 11.6 Å². The fraction of sp³-hybridized carbons (Fsp3) is 0.333. The van der Waals surface area contributed by atoms with Crippen molar-refractivity contribution < 1.29 is 14.3 Å². The second-order valence-corrected chi connectivity index (χ2v) is 1.30. The zero-order valence-electron chi connectivity index (χ0n) is 3.89. The van der Waals surface area contributed by atoms with E-state index in [1.165, 1.54) is 0 Å². The Morgan fingerprint density at radius 3 is 2.25 bits per heavy atom. The van der Waals surface area contributed by atoms with Crippen LogP contribution in [0, 0.1) is 0 Å². The van der Waals surface area contributed by atoms with Gasteiger partial charge >= 0.3 is 5.43 Å². The molecule has 0 bridgehead atoms. The Hall–Kier alpha value is -0.770. The van der Waals surface area contributed by atoms with Crippen molar-refractivity contribution in [3.8, 4) is 0 Å². The van der Waals surface area contributed by atoms with Crippen LogP contribution in [-0.4, -0.2) is 17.9 Å². The van der Waals surface area contributed by atoms with Crippen molar-refractivity contribution in [3.63, 3.8) is 0 Å². The Kier molecular flexibility index (Phi) is 2.95. The quantitative estimate of drug-likeness (QED) is 0.538. The Labute approximate surface area is 50.5 Å². The summed E-state index contributed by atoms with van der Waals surface area (Å²) in [5.41, 5.74) is 3.54. The average Bonchev–Trinajstić information content (AvgIpc) is 1.61. The summed E-state index contributed by atoms with van der Waals surface area (Å²) in [6.07, 6.45) is 0. The molecule has 0 aliphatic rings. The number of primary amides is 1. The molecule has 0 saturated heterocycles. The second kappa shape index (κ2) is 3.26. The van der Waals surface area contributed by atoms with Crippen molar-refractivity contribution in [2.24, 2.45) is 5.73 Å². The lowest BCUT2D eigenvalue weighted by Crippen LogP contribution is -2.18. The molecule has 8 heavy (non-hydrogen) atoms. The molecule has 46 valence electrons. The van der Waals surface area contributed by atoms with Gasteiger partial charge in [-0.05, 0) is 0 Å². The van der Waals surface area contributed by atoms with Crippen molar-refractivity contribution >= 4 is 22.9 Å². The maximum atomic E-state index is 9.79. The Bertz CT molecular complexity index is 99.1. The van der Waals surface area contributed by atoms with E-state index < -0.39 is 17.9 Å². The minimum atomic E-state index is -1.02. The van der Waals surface area contributed by atoms with Crippen LogP contribution in [0.25, 0.3) is 0 Å². The molecule has 0 aromatic heterocycles. The van der Waals surface area contributed by atoms with E-state index in [2.05, 4.69) is 22.1 Å². The maximum Gasteiger partial charge on any atom is 0.404 e. The molecule has 0 spiro atoms. The SMILES string of the molecule is NC(=O)COC(=O)Cl. The maximum absolute atomic E-state index is 9.79. The lowest BCUT2D eigenvalue weighted by molar-refractivity contribution is -0.120. The average molecular weight is 138 g/mol. The first kappa shape index (κ1) is 7.23. The van der Waals surface area contributed by atoms with Crippen LogP contribution in [0.5, 0.6) is 0 Å². The lowest BCUT2D eigenvalue weighted by Gasteiger charge is -1.91. The number of hydrogen-bond donors (Lipinski definition) is 1. The summed E-state index contributed by atoms with van der Waals surface area (Å²) in [6.45, 7) is -0.456. The number of halogens is 1. The largest absolute Gasteiger partial charge is 0.444 e. The van der Waals surface area contributed by atoms with Gasteiger partial charge in [0.1, 0.15) is 0 Å². The van der Waals surface area contributed by atoms with Crippen molar-refractivity contribution in [3.05, 3.63) is 0 Å². The van der Waals surface area contributed by atoms with Gasteiger partial charge in [-0.25, -0.2) is 4.79 Å². The van der Waals surface area contributed by atoms with Gasteiger partial charge in [-0.1, -0.05) is 0 Å². The van der Waals surface area contributed by atoms with Crippen LogP contribution in [0.2, 0.25) is 0 Å². The molecular weight excluding hydrogens is 133 g/mol. The normalized spacial score (nSPS) is 8.12. The molecule has 0 heterocycles. The molecule has 0 rings (SSSR count). The van der Waals surface area contributed by atoms with Gasteiger partial charge in [-0.3, -0.25) is 4.79 Å². The highest BCUT2D eigenvalue weighted by atomic mass is 35.5. The Morgan fingerprint density at radius 2 is 2.12 bits per heavy atom. The fourth-order valence-corrected chi connectivity index (χ4v) is 0.182. The molecule has 1 amide bonds. The van der Waals surface area contributed by atoms with E-state index in [0.717, 1.165) is 0 Å². The Morgan fingerprint density at radius 1 is 1.62 bits per heavy atom. The van der Waals surface area contributed by atoms with Crippen LogP contribution >= 0.6 is 11.6 Å². The first-order valence-corrected chi connectivity index (χ1v) is 2.11. The van der Waals surface area contributed by atoms with Crippen molar-refractivity contribution in [1.29, 1.82) is 0 Å².